The Morgan fingerprint density at radius 2 is 2.00 bits per heavy atom. The zero-order chi connectivity index (χ0) is 20.1. The van der Waals surface area contributed by atoms with Crippen LogP contribution in [0.15, 0.2) is 63.6 Å². The van der Waals surface area contributed by atoms with Crippen molar-refractivity contribution in [2.24, 2.45) is 10.2 Å². The Labute approximate surface area is 180 Å². The molecule has 3 rings (SSSR count). The number of halogens is 1. The molecule has 146 valence electrons. The summed E-state index contributed by atoms with van der Waals surface area (Å²) in [6.45, 7) is 1.93. The third-order valence-corrected chi connectivity index (χ3v) is 6.89. The highest BCUT2D eigenvalue weighted by Gasteiger charge is 2.28. The Morgan fingerprint density at radius 1 is 1.25 bits per heavy atom. The Morgan fingerprint density at radius 3 is 2.68 bits per heavy atom. The van der Waals surface area contributed by atoms with E-state index >= 15 is 0 Å². The summed E-state index contributed by atoms with van der Waals surface area (Å²) in [4.78, 5) is 11.7. The van der Waals surface area contributed by atoms with Gasteiger partial charge in [0.15, 0.2) is 5.17 Å². The first kappa shape index (κ1) is 20.8. The largest absolute Gasteiger partial charge is 0.379 e. The molecular weight excluding hydrogens is 513 g/mol. The van der Waals surface area contributed by atoms with E-state index in [9.17, 15) is 13.2 Å². The highest BCUT2D eigenvalue weighted by atomic mass is 127. The molecule has 2 aromatic rings. The normalized spacial score (nSPS) is 18.6. The molecule has 1 fully saturated rings. The van der Waals surface area contributed by atoms with Crippen LogP contribution >= 0.6 is 34.4 Å². The number of nitrogens with zero attached hydrogens (tertiary/aromatic N) is 2. The number of nitrogens with one attached hydrogen (secondary N) is 1. The van der Waals surface area contributed by atoms with Crippen LogP contribution in [0, 0.1) is 3.57 Å². The second kappa shape index (κ2) is 9.05. The Kier molecular flexibility index (Phi) is 6.73. The van der Waals surface area contributed by atoms with Crippen molar-refractivity contribution in [3.05, 3.63) is 57.7 Å². The van der Waals surface area contributed by atoms with Gasteiger partial charge in [-0.3, -0.25) is 4.79 Å². The predicted molar refractivity (Wildman–Crippen MR) is 118 cm³/mol. The monoisotopic (exact) mass is 529 g/mol. The number of carbonyl (C=O) groups excluding carboxylic acids is 1. The summed E-state index contributed by atoms with van der Waals surface area (Å²) >= 11 is 3.43. The van der Waals surface area contributed by atoms with E-state index in [1.54, 1.807) is 36.4 Å². The second-order valence-corrected chi connectivity index (χ2v) is 9.70. The van der Waals surface area contributed by atoms with E-state index in [2.05, 4.69) is 38.1 Å². The van der Waals surface area contributed by atoms with Crippen LogP contribution in [0.1, 0.15) is 18.9 Å². The van der Waals surface area contributed by atoms with Crippen molar-refractivity contribution in [2.75, 3.05) is 0 Å². The smallest absolute Gasteiger partial charge is 0.339 e. The lowest BCUT2D eigenvalue weighted by atomic mass is 10.2. The SMILES string of the molecule is CCC1SC(=NN=Cc2cccc(OS(=O)(=O)c3ccc(I)cc3)c2)NC1=O. The summed E-state index contributed by atoms with van der Waals surface area (Å²) in [5.41, 5.74) is 0.612. The number of benzene rings is 2. The summed E-state index contributed by atoms with van der Waals surface area (Å²) in [6, 6.07) is 12.9. The maximum atomic E-state index is 12.4. The molecule has 7 nitrogen and oxygen atoms in total. The van der Waals surface area contributed by atoms with Gasteiger partial charge in [-0.1, -0.05) is 30.8 Å². The fourth-order valence-electron chi connectivity index (χ4n) is 2.29. The van der Waals surface area contributed by atoms with Gasteiger partial charge in [-0.05, 0) is 71.0 Å². The fraction of sp³-hybridized carbons (Fsp3) is 0.167. The molecule has 1 aliphatic rings. The lowest BCUT2D eigenvalue weighted by Crippen LogP contribution is -2.24. The number of hydrogen-bond acceptors (Lipinski definition) is 7. The molecule has 0 radical (unpaired) electrons. The van der Waals surface area contributed by atoms with Crippen LogP contribution in [0.2, 0.25) is 0 Å². The topological polar surface area (TPSA) is 97.2 Å². The van der Waals surface area contributed by atoms with Crippen molar-refractivity contribution in [3.63, 3.8) is 0 Å². The van der Waals surface area contributed by atoms with E-state index < -0.39 is 10.1 Å². The molecule has 0 aliphatic carbocycles. The second-order valence-electron chi connectivity index (χ2n) is 5.72. The van der Waals surface area contributed by atoms with Gasteiger partial charge in [-0.15, -0.1) is 5.10 Å². The first-order valence-electron chi connectivity index (χ1n) is 8.26. The van der Waals surface area contributed by atoms with E-state index in [1.807, 2.05) is 6.92 Å². The van der Waals surface area contributed by atoms with Gasteiger partial charge in [-0.25, -0.2) is 0 Å². The molecule has 0 bridgehead atoms. The first-order chi connectivity index (χ1) is 13.4. The van der Waals surface area contributed by atoms with Crippen molar-refractivity contribution in [1.29, 1.82) is 0 Å². The number of thioether (sulfide) groups is 1. The van der Waals surface area contributed by atoms with Gasteiger partial charge >= 0.3 is 10.1 Å². The first-order valence-corrected chi connectivity index (χ1v) is 11.6. The van der Waals surface area contributed by atoms with Gasteiger partial charge in [0, 0.05) is 3.57 Å². The summed E-state index contributed by atoms with van der Waals surface area (Å²) in [5, 5.41) is 10.9. The van der Waals surface area contributed by atoms with Crippen molar-refractivity contribution >= 4 is 61.8 Å². The molecule has 0 spiro atoms. The molecule has 28 heavy (non-hydrogen) atoms. The zero-order valence-corrected chi connectivity index (χ0v) is 18.5. The number of carbonyl (C=O) groups is 1. The number of amidine groups is 1. The van der Waals surface area contributed by atoms with Crippen LogP contribution in [0.3, 0.4) is 0 Å². The molecule has 1 N–H and O–H groups in total. The van der Waals surface area contributed by atoms with Gasteiger partial charge in [0.25, 0.3) is 0 Å². The van der Waals surface area contributed by atoms with Crippen molar-refractivity contribution in [3.8, 4) is 5.75 Å². The van der Waals surface area contributed by atoms with Crippen LogP contribution in [0.5, 0.6) is 5.75 Å². The molecule has 1 unspecified atom stereocenters. The molecule has 1 aliphatic heterocycles. The van der Waals surface area contributed by atoms with Gasteiger partial charge in [0.2, 0.25) is 5.91 Å². The van der Waals surface area contributed by atoms with Crippen LogP contribution in [0.4, 0.5) is 0 Å². The van der Waals surface area contributed by atoms with E-state index in [4.69, 9.17) is 4.18 Å². The highest BCUT2D eigenvalue weighted by molar-refractivity contribution is 14.1. The minimum atomic E-state index is -3.92. The molecule has 1 heterocycles. The van der Waals surface area contributed by atoms with Crippen molar-refractivity contribution in [2.45, 2.75) is 23.5 Å². The summed E-state index contributed by atoms with van der Waals surface area (Å²) < 4.78 is 30.9. The molecule has 0 aromatic heterocycles. The molecule has 0 saturated carbocycles. The Hall–Kier alpha value is -1.92. The minimum Gasteiger partial charge on any atom is -0.379 e. The van der Waals surface area contributed by atoms with Crippen LogP contribution < -0.4 is 9.50 Å². The lowest BCUT2D eigenvalue weighted by Gasteiger charge is -2.07. The molecule has 1 atom stereocenters. The maximum Gasteiger partial charge on any atom is 0.339 e. The third-order valence-electron chi connectivity index (χ3n) is 3.67. The van der Waals surface area contributed by atoms with E-state index in [-0.39, 0.29) is 21.8 Å². The molecule has 1 saturated heterocycles. The fourth-order valence-corrected chi connectivity index (χ4v) is 4.43. The predicted octanol–water partition coefficient (Wildman–Crippen LogP) is 3.39. The minimum absolute atomic E-state index is 0.0716. The lowest BCUT2D eigenvalue weighted by molar-refractivity contribution is -0.118. The van der Waals surface area contributed by atoms with Crippen LogP contribution in [0.25, 0.3) is 0 Å². The summed E-state index contributed by atoms with van der Waals surface area (Å²) in [6.07, 6.45) is 2.18. The Bertz CT molecular complexity index is 1040. The molecular formula is C18H16IN3O4S2. The Balaban J connectivity index is 1.70. The van der Waals surface area contributed by atoms with Crippen LogP contribution in [-0.2, 0) is 14.9 Å². The number of amides is 1. The van der Waals surface area contributed by atoms with Crippen LogP contribution in [-0.4, -0.2) is 31.0 Å². The zero-order valence-electron chi connectivity index (χ0n) is 14.7. The summed E-state index contributed by atoms with van der Waals surface area (Å²) in [5.74, 6) is 0.0994. The van der Waals surface area contributed by atoms with Gasteiger partial charge < -0.3 is 9.50 Å². The standard InChI is InChI=1S/C18H16IN3O4S2/c1-2-16-17(23)21-18(27-16)22-20-11-12-4-3-5-14(10-12)26-28(24,25)15-8-6-13(19)7-9-15/h3-11,16H,2H2,1H3,(H,21,22,23). The average Bonchev–Trinajstić information content (AvgIpc) is 3.02. The molecule has 1 amide bonds. The van der Waals surface area contributed by atoms with Gasteiger partial charge in [0.05, 0.1) is 11.5 Å². The quantitative estimate of drug-likeness (QED) is 0.268. The molecule has 2 aromatic carbocycles. The number of rotatable bonds is 6. The van der Waals surface area contributed by atoms with Gasteiger partial charge in [-0.2, -0.15) is 13.5 Å². The number of hydrogen-bond donors (Lipinski definition) is 1. The summed E-state index contributed by atoms with van der Waals surface area (Å²) in [7, 11) is -3.92. The average molecular weight is 529 g/mol. The van der Waals surface area contributed by atoms with Crippen molar-refractivity contribution in [1.82, 2.24) is 5.32 Å². The van der Waals surface area contributed by atoms with Gasteiger partial charge in [0.1, 0.15) is 10.6 Å². The van der Waals surface area contributed by atoms with E-state index in [1.165, 1.54) is 30.1 Å². The van der Waals surface area contributed by atoms with Crippen molar-refractivity contribution < 1.29 is 17.4 Å². The molecule has 10 heteroatoms. The highest BCUT2D eigenvalue weighted by Crippen LogP contribution is 2.22. The van der Waals surface area contributed by atoms with E-state index in [0.29, 0.717) is 17.2 Å². The van der Waals surface area contributed by atoms with E-state index in [0.717, 1.165) is 3.57 Å². The third kappa shape index (κ3) is 5.32. The maximum absolute atomic E-state index is 12.4.